The number of rotatable bonds is 5. The number of benzene rings is 1. The summed E-state index contributed by atoms with van der Waals surface area (Å²) in [6.07, 6.45) is 3.48. The topological polar surface area (TPSA) is 75.4 Å². The molecule has 0 bridgehead atoms. The lowest BCUT2D eigenvalue weighted by molar-refractivity contribution is 0.0956. The SMILES string of the molecule is O=C1C=C(NCCN2CCCC2)C(=O)c2oc(-c3c(F)cccc3F)nc21. The Labute approximate surface area is 153 Å². The van der Waals surface area contributed by atoms with Gasteiger partial charge in [-0.1, -0.05) is 6.07 Å². The minimum Gasteiger partial charge on any atom is -0.431 e. The van der Waals surface area contributed by atoms with E-state index in [2.05, 4.69) is 15.2 Å². The van der Waals surface area contributed by atoms with Crippen molar-refractivity contribution in [1.29, 1.82) is 0 Å². The molecule has 1 aromatic carbocycles. The average molecular weight is 373 g/mol. The van der Waals surface area contributed by atoms with Gasteiger partial charge in [0.25, 0.3) is 0 Å². The van der Waals surface area contributed by atoms with Crippen molar-refractivity contribution in [3.63, 3.8) is 0 Å². The Balaban J connectivity index is 1.55. The van der Waals surface area contributed by atoms with Gasteiger partial charge in [0.05, 0.1) is 5.70 Å². The summed E-state index contributed by atoms with van der Waals surface area (Å²) >= 11 is 0. The standard InChI is InChI=1S/C19H17F2N3O3/c20-11-4-3-5-12(21)15(11)19-23-16-14(25)10-13(17(26)18(16)27-19)22-6-9-24-7-1-2-8-24/h3-5,10,22H,1-2,6-9H2. The molecule has 0 amide bonds. The first-order chi connectivity index (χ1) is 13.0. The maximum atomic E-state index is 13.9. The highest BCUT2D eigenvalue weighted by Crippen LogP contribution is 2.30. The van der Waals surface area contributed by atoms with E-state index in [4.69, 9.17) is 4.42 Å². The molecule has 1 fully saturated rings. The Kier molecular flexibility index (Phi) is 4.57. The summed E-state index contributed by atoms with van der Waals surface area (Å²) in [5, 5.41) is 2.95. The predicted octanol–water partition coefficient (Wildman–Crippen LogP) is 2.57. The maximum Gasteiger partial charge on any atom is 0.246 e. The number of nitrogens with zero attached hydrogens (tertiary/aromatic N) is 2. The van der Waals surface area contributed by atoms with E-state index in [0.717, 1.165) is 50.7 Å². The molecule has 4 rings (SSSR count). The number of allylic oxidation sites excluding steroid dienone is 2. The summed E-state index contributed by atoms with van der Waals surface area (Å²) in [5.74, 6) is -3.59. The van der Waals surface area contributed by atoms with Gasteiger partial charge >= 0.3 is 0 Å². The third-order valence-electron chi connectivity index (χ3n) is 4.71. The maximum absolute atomic E-state index is 13.9. The molecule has 1 aromatic heterocycles. The van der Waals surface area contributed by atoms with E-state index in [-0.39, 0.29) is 17.2 Å². The summed E-state index contributed by atoms with van der Waals surface area (Å²) in [4.78, 5) is 31.0. The first-order valence-corrected chi connectivity index (χ1v) is 8.77. The lowest BCUT2D eigenvalue weighted by Crippen LogP contribution is -2.33. The molecule has 0 radical (unpaired) electrons. The van der Waals surface area contributed by atoms with Gasteiger partial charge in [-0.25, -0.2) is 13.8 Å². The van der Waals surface area contributed by atoms with Gasteiger partial charge in [-0.15, -0.1) is 0 Å². The number of ketones is 2. The van der Waals surface area contributed by atoms with Crippen molar-refractivity contribution in [2.45, 2.75) is 12.8 Å². The highest BCUT2D eigenvalue weighted by Gasteiger charge is 2.33. The smallest absolute Gasteiger partial charge is 0.246 e. The molecule has 1 aliphatic carbocycles. The van der Waals surface area contributed by atoms with Crippen LogP contribution < -0.4 is 5.32 Å². The fourth-order valence-corrected chi connectivity index (χ4v) is 3.32. The van der Waals surface area contributed by atoms with Crippen molar-refractivity contribution in [3.05, 3.63) is 53.1 Å². The monoisotopic (exact) mass is 373 g/mol. The number of likely N-dealkylation sites (tertiary alicyclic amines) is 1. The Morgan fingerprint density at radius 3 is 2.56 bits per heavy atom. The molecule has 1 aliphatic heterocycles. The highest BCUT2D eigenvalue weighted by molar-refractivity contribution is 6.22. The molecule has 1 saturated heterocycles. The number of hydrogen-bond donors (Lipinski definition) is 1. The second kappa shape index (κ2) is 7.03. The van der Waals surface area contributed by atoms with E-state index in [0.29, 0.717) is 6.54 Å². The molecule has 0 atom stereocenters. The largest absolute Gasteiger partial charge is 0.431 e. The number of halogens is 2. The minimum atomic E-state index is -0.884. The molecular formula is C19H17F2N3O3. The normalized spacial score (nSPS) is 17.2. The molecule has 2 heterocycles. The van der Waals surface area contributed by atoms with Crippen molar-refractivity contribution < 1.29 is 22.8 Å². The van der Waals surface area contributed by atoms with Gasteiger partial charge in [-0.05, 0) is 38.1 Å². The first kappa shape index (κ1) is 17.5. The number of carbonyl (C=O) groups is 2. The van der Waals surface area contributed by atoms with Crippen molar-refractivity contribution in [2.75, 3.05) is 26.2 Å². The second-order valence-electron chi connectivity index (χ2n) is 6.52. The Morgan fingerprint density at radius 2 is 1.85 bits per heavy atom. The Morgan fingerprint density at radius 1 is 1.15 bits per heavy atom. The van der Waals surface area contributed by atoms with E-state index < -0.39 is 34.7 Å². The van der Waals surface area contributed by atoms with Gasteiger partial charge in [0.2, 0.25) is 23.2 Å². The van der Waals surface area contributed by atoms with Crippen molar-refractivity contribution in [3.8, 4) is 11.5 Å². The molecule has 140 valence electrons. The Bertz CT molecular complexity index is 925. The van der Waals surface area contributed by atoms with E-state index in [1.54, 1.807) is 0 Å². The first-order valence-electron chi connectivity index (χ1n) is 8.77. The summed E-state index contributed by atoms with van der Waals surface area (Å²) in [5.41, 5.74) is -0.637. The molecule has 6 nitrogen and oxygen atoms in total. The van der Waals surface area contributed by atoms with Gasteiger partial charge in [0, 0.05) is 19.2 Å². The molecular weight excluding hydrogens is 356 g/mol. The minimum absolute atomic E-state index is 0.100. The molecule has 0 unspecified atom stereocenters. The van der Waals surface area contributed by atoms with Crippen LogP contribution in [-0.2, 0) is 0 Å². The Hall–Kier alpha value is -2.87. The number of carbonyl (C=O) groups excluding carboxylic acids is 2. The molecule has 0 spiro atoms. The summed E-state index contributed by atoms with van der Waals surface area (Å²) in [7, 11) is 0. The highest BCUT2D eigenvalue weighted by atomic mass is 19.1. The van der Waals surface area contributed by atoms with Gasteiger partial charge in [-0.3, -0.25) is 9.59 Å². The molecule has 0 saturated carbocycles. The number of nitrogens with one attached hydrogen (secondary N) is 1. The van der Waals surface area contributed by atoms with Crippen LogP contribution in [0.25, 0.3) is 11.5 Å². The van der Waals surface area contributed by atoms with Crippen LogP contribution in [0.1, 0.15) is 33.9 Å². The van der Waals surface area contributed by atoms with E-state index in [1.807, 2.05) is 0 Å². The molecule has 1 N–H and O–H groups in total. The van der Waals surface area contributed by atoms with Crippen LogP contribution in [0.3, 0.4) is 0 Å². The molecule has 2 aliphatic rings. The zero-order chi connectivity index (χ0) is 19.0. The third kappa shape index (κ3) is 3.28. The quantitative estimate of drug-likeness (QED) is 0.868. The lowest BCUT2D eigenvalue weighted by atomic mass is 10.0. The van der Waals surface area contributed by atoms with Crippen LogP contribution in [0.4, 0.5) is 8.78 Å². The van der Waals surface area contributed by atoms with Crippen LogP contribution in [-0.4, -0.2) is 47.6 Å². The van der Waals surface area contributed by atoms with Crippen molar-refractivity contribution in [1.82, 2.24) is 15.2 Å². The summed E-state index contributed by atoms with van der Waals surface area (Å²) in [6.45, 7) is 3.31. The van der Waals surface area contributed by atoms with Crippen LogP contribution in [0.15, 0.2) is 34.4 Å². The number of oxazole rings is 1. The fourth-order valence-electron chi connectivity index (χ4n) is 3.32. The number of fused-ring (bicyclic) bond motifs is 1. The van der Waals surface area contributed by atoms with Crippen molar-refractivity contribution in [2.24, 2.45) is 0 Å². The van der Waals surface area contributed by atoms with Crippen LogP contribution in [0.5, 0.6) is 0 Å². The van der Waals surface area contributed by atoms with Gasteiger partial charge in [-0.2, -0.15) is 0 Å². The van der Waals surface area contributed by atoms with E-state index >= 15 is 0 Å². The second-order valence-corrected chi connectivity index (χ2v) is 6.52. The number of aromatic nitrogens is 1. The fraction of sp³-hybridized carbons (Fsp3) is 0.316. The van der Waals surface area contributed by atoms with Crippen LogP contribution in [0, 0.1) is 11.6 Å². The van der Waals surface area contributed by atoms with Gasteiger partial charge in [0.1, 0.15) is 17.2 Å². The van der Waals surface area contributed by atoms with Gasteiger partial charge in [0.15, 0.2) is 5.69 Å². The van der Waals surface area contributed by atoms with Crippen molar-refractivity contribution >= 4 is 11.6 Å². The summed E-state index contributed by atoms with van der Waals surface area (Å²) < 4.78 is 33.2. The molecule has 8 heteroatoms. The lowest BCUT2D eigenvalue weighted by Gasteiger charge is -2.17. The van der Waals surface area contributed by atoms with E-state index in [1.165, 1.54) is 6.07 Å². The zero-order valence-electron chi connectivity index (χ0n) is 14.4. The molecule has 2 aromatic rings. The zero-order valence-corrected chi connectivity index (χ0v) is 14.4. The van der Waals surface area contributed by atoms with Gasteiger partial charge < -0.3 is 14.6 Å². The third-order valence-corrected chi connectivity index (χ3v) is 4.71. The summed E-state index contributed by atoms with van der Waals surface area (Å²) in [6, 6.07) is 3.31. The molecule has 27 heavy (non-hydrogen) atoms. The van der Waals surface area contributed by atoms with E-state index in [9.17, 15) is 18.4 Å². The number of hydrogen-bond acceptors (Lipinski definition) is 6. The van der Waals surface area contributed by atoms with Crippen LogP contribution in [0.2, 0.25) is 0 Å². The number of Topliss-reactive ketones (excluding diaryl/α,β-unsaturated/α-hetero) is 1. The van der Waals surface area contributed by atoms with Crippen LogP contribution >= 0.6 is 0 Å². The average Bonchev–Trinajstić information content (AvgIpc) is 3.29. The predicted molar refractivity (Wildman–Crippen MR) is 92.3 cm³/mol.